The van der Waals surface area contributed by atoms with E-state index < -0.39 is 0 Å². The second-order valence-electron chi connectivity index (χ2n) is 1.79. The van der Waals surface area contributed by atoms with Crippen LogP contribution in [0.1, 0.15) is 5.56 Å². The van der Waals surface area contributed by atoms with Crippen molar-refractivity contribution in [2.75, 3.05) is 7.11 Å². The van der Waals surface area contributed by atoms with Crippen molar-refractivity contribution in [3.63, 3.8) is 0 Å². The van der Waals surface area contributed by atoms with Crippen molar-refractivity contribution in [2.45, 2.75) is 0 Å². The topological polar surface area (TPSA) is 45.9 Å². The first-order valence-electron chi connectivity index (χ1n) is 2.88. The van der Waals surface area contributed by atoms with Gasteiger partial charge < -0.3 is 4.74 Å². The summed E-state index contributed by atoms with van der Waals surface area (Å²) in [6, 6.07) is 3.69. The number of ether oxygens (including phenoxy) is 1. The molecule has 0 unspecified atom stereocenters. The van der Waals surface area contributed by atoms with Gasteiger partial charge in [-0.25, -0.2) is 4.98 Å². The summed E-state index contributed by atoms with van der Waals surface area (Å²) in [5, 5.41) is 8.66. The first-order chi connectivity index (χ1) is 5.29. The number of rotatable bonds is 1. The number of nitriles is 1. The fourth-order valence-electron chi connectivity index (χ4n) is 0.691. The van der Waals surface area contributed by atoms with Crippen LogP contribution < -0.4 is 4.74 Å². The molecule has 11 heavy (non-hydrogen) atoms. The van der Waals surface area contributed by atoms with E-state index >= 15 is 0 Å². The predicted molar refractivity (Wildman–Crippen MR) is 48.2 cm³/mol. The van der Waals surface area contributed by atoms with Gasteiger partial charge in [-0.1, -0.05) is 0 Å². The van der Waals surface area contributed by atoms with E-state index in [-0.39, 0.29) is 0 Å². The average Bonchev–Trinajstić information content (AvgIpc) is 2.04. The van der Waals surface area contributed by atoms with Gasteiger partial charge in [-0.05, 0) is 28.7 Å². The minimum atomic E-state index is 0.496. The summed E-state index contributed by atoms with van der Waals surface area (Å²) in [6.07, 6.45) is 1.61. The molecule has 0 amide bonds. The average molecular weight is 260 g/mol. The third-order valence-electron chi connectivity index (χ3n) is 1.20. The molecule has 0 radical (unpaired) electrons. The Labute approximate surface area is 78.1 Å². The number of halogens is 1. The van der Waals surface area contributed by atoms with E-state index in [2.05, 4.69) is 4.98 Å². The number of aromatic nitrogens is 1. The zero-order valence-electron chi connectivity index (χ0n) is 5.84. The molecule has 0 saturated carbocycles. The van der Waals surface area contributed by atoms with Crippen LogP contribution in [0.15, 0.2) is 12.3 Å². The molecule has 3 nitrogen and oxygen atoms in total. The zero-order valence-corrected chi connectivity index (χ0v) is 7.99. The number of hydrogen-bond acceptors (Lipinski definition) is 3. The largest absolute Gasteiger partial charge is 0.495 e. The van der Waals surface area contributed by atoms with Gasteiger partial charge in [0.15, 0.2) is 0 Å². The normalized spacial score (nSPS) is 8.82. The summed E-state index contributed by atoms with van der Waals surface area (Å²) in [7, 11) is 1.53. The number of methoxy groups -OCH3 is 1. The lowest BCUT2D eigenvalue weighted by Crippen LogP contribution is -1.92. The molecule has 0 spiro atoms. The Morgan fingerprint density at radius 2 is 2.45 bits per heavy atom. The van der Waals surface area contributed by atoms with Crippen molar-refractivity contribution in [3.8, 4) is 11.8 Å². The maximum Gasteiger partial charge on any atom is 0.140 e. The molecular formula is C7H5IN2O. The molecule has 1 heterocycles. The Kier molecular flexibility index (Phi) is 2.65. The van der Waals surface area contributed by atoms with Gasteiger partial charge in [0.1, 0.15) is 21.1 Å². The van der Waals surface area contributed by atoms with E-state index in [1.807, 2.05) is 28.7 Å². The van der Waals surface area contributed by atoms with Crippen LogP contribution in [-0.4, -0.2) is 12.1 Å². The molecule has 0 saturated heterocycles. The van der Waals surface area contributed by atoms with E-state index in [9.17, 15) is 0 Å². The van der Waals surface area contributed by atoms with Crippen LogP contribution >= 0.6 is 22.6 Å². The smallest absolute Gasteiger partial charge is 0.140 e. The quantitative estimate of drug-likeness (QED) is 0.568. The van der Waals surface area contributed by atoms with Crippen molar-refractivity contribution < 1.29 is 4.74 Å². The summed E-state index contributed by atoms with van der Waals surface area (Å²) >= 11 is 2.00. The van der Waals surface area contributed by atoms with Gasteiger partial charge in [-0.15, -0.1) is 0 Å². The van der Waals surface area contributed by atoms with Gasteiger partial charge in [-0.3, -0.25) is 0 Å². The molecular weight excluding hydrogens is 255 g/mol. The number of pyridine rings is 1. The third kappa shape index (κ3) is 1.60. The molecule has 56 valence electrons. The van der Waals surface area contributed by atoms with Crippen LogP contribution in [0.5, 0.6) is 5.75 Å². The standard InChI is InChI=1S/C7H5IN2O/c1-11-6-2-3-10-7(8)5(6)4-9/h2-3H,1H3. The highest BCUT2D eigenvalue weighted by atomic mass is 127. The van der Waals surface area contributed by atoms with Crippen LogP contribution in [0.25, 0.3) is 0 Å². The SMILES string of the molecule is COc1ccnc(I)c1C#N. The second-order valence-corrected chi connectivity index (χ2v) is 2.81. The number of hydrogen-bond donors (Lipinski definition) is 0. The summed E-state index contributed by atoms with van der Waals surface area (Å²) in [6.45, 7) is 0. The minimum absolute atomic E-state index is 0.496. The Hall–Kier alpha value is -0.830. The number of nitrogens with zero attached hydrogens (tertiary/aromatic N) is 2. The van der Waals surface area contributed by atoms with Crippen molar-refractivity contribution in [1.82, 2.24) is 4.98 Å². The molecule has 0 aliphatic rings. The van der Waals surface area contributed by atoms with Crippen LogP contribution in [0, 0.1) is 15.0 Å². The van der Waals surface area contributed by atoms with Crippen LogP contribution in [0.3, 0.4) is 0 Å². The van der Waals surface area contributed by atoms with Crippen LogP contribution in [0.4, 0.5) is 0 Å². The molecule has 1 rings (SSSR count). The lowest BCUT2D eigenvalue weighted by molar-refractivity contribution is 0.412. The van der Waals surface area contributed by atoms with Crippen molar-refractivity contribution >= 4 is 22.6 Å². The van der Waals surface area contributed by atoms with Gasteiger partial charge in [0.2, 0.25) is 0 Å². The summed E-state index contributed by atoms with van der Waals surface area (Å²) < 4.78 is 5.62. The molecule has 0 aliphatic heterocycles. The molecule has 1 aromatic heterocycles. The summed E-state index contributed by atoms with van der Waals surface area (Å²) in [4.78, 5) is 3.94. The molecule has 0 atom stereocenters. The molecule has 0 aliphatic carbocycles. The second kappa shape index (κ2) is 3.53. The highest BCUT2D eigenvalue weighted by molar-refractivity contribution is 14.1. The van der Waals surface area contributed by atoms with E-state index in [0.29, 0.717) is 15.0 Å². The first kappa shape index (κ1) is 8.27. The Morgan fingerprint density at radius 1 is 1.73 bits per heavy atom. The highest BCUT2D eigenvalue weighted by Gasteiger charge is 2.05. The van der Waals surface area contributed by atoms with Crippen LogP contribution in [0.2, 0.25) is 0 Å². The fraction of sp³-hybridized carbons (Fsp3) is 0.143. The third-order valence-corrected chi connectivity index (χ3v) is 2.02. The molecule has 1 aromatic rings. The molecule has 0 N–H and O–H groups in total. The minimum Gasteiger partial charge on any atom is -0.495 e. The van der Waals surface area contributed by atoms with Gasteiger partial charge in [0, 0.05) is 6.20 Å². The van der Waals surface area contributed by atoms with Crippen LogP contribution in [-0.2, 0) is 0 Å². The van der Waals surface area contributed by atoms with Gasteiger partial charge in [0.05, 0.1) is 7.11 Å². The summed E-state index contributed by atoms with van der Waals surface area (Å²) in [5.74, 6) is 0.576. The van der Waals surface area contributed by atoms with E-state index in [0.717, 1.165) is 0 Å². The molecule has 0 fully saturated rings. The fourth-order valence-corrected chi connectivity index (χ4v) is 1.24. The monoisotopic (exact) mass is 260 g/mol. The maximum absolute atomic E-state index is 8.66. The van der Waals surface area contributed by atoms with Gasteiger partial charge >= 0.3 is 0 Å². The Balaban J connectivity index is 3.27. The van der Waals surface area contributed by atoms with E-state index in [4.69, 9.17) is 10.00 Å². The zero-order chi connectivity index (χ0) is 8.27. The molecule has 0 aromatic carbocycles. The van der Waals surface area contributed by atoms with Crippen molar-refractivity contribution in [1.29, 1.82) is 5.26 Å². The Bertz CT molecular complexity index is 306. The van der Waals surface area contributed by atoms with Gasteiger partial charge in [0.25, 0.3) is 0 Å². The first-order valence-corrected chi connectivity index (χ1v) is 3.96. The highest BCUT2D eigenvalue weighted by Crippen LogP contribution is 2.19. The molecule has 4 heteroatoms. The predicted octanol–water partition coefficient (Wildman–Crippen LogP) is 1.57. The lowest BCUT2D eigenvalue weighted by atomic mass is 10.3. The molecule has 0 bridgehead atoms. The summed E-state index contributed by atoms with van der Waals surface area (Å²) in [5.41, 5.74) is 0.496. The van der Waals surface area contributed by atoms with Crippen molar-refractivity contribution in [2.24, 2.45) is 0 Å². The van der Waals surface area contributed by atoms with Gasteiger partial charge in [-0.2, -0.15) is 5.26 Å². The lowest BCUT2D eigenvalue weighted by Gasteiger charge is -2.01. The van der Waals surface area contributed by atoms with Crippen molar-refractivity contribution in [3.05, 3.63) is 21.5 Å². The maximum atomic E-state index is 8.66. The van der Waals surface area contributed by atoms with E-state index in [1.54, 1.807) is 12.3 Å². The Morgan fingerprint density at radius 3 is 2.91 bits per heavy atom. The van der Waals surface area contributed by atoms with E-state index in [1.165, 1.54) is 7.11 Å².